The number of nitrogens with zero attached hydrogens (tertiary/aromatic N) is 1. The van der Waals surface area contributed by atoms with Crippen LogP contribution in [0.5, 0.6) is 5.75 Å². The molecule has 0 bridgehead atoms. The minimum Gasteiger partial charge on any atom is -0.434 e. The number of hydrogen-bond acceptors (Lipinski definition) is 4. The molecule has 126 valence electrons. The van der Waals surface area contributed by atoms with Gasteiger partial charge in [-0.15, -0.1) is 23.7 Å². The van der Waals surface area contributed by atoms with Crippen LogP contribution in [0.4, 0.5) is 8.78 Å². The van der Waals surface area contributed by atoms with Gasteiger partial charge in [-0.25, -0.2) is 0 Å². The Morgan fingerprint density at radius 3 is 2.48 bits per heavy atom. The largest absolute Gasteiger partial charge is 0.434 e. The second-order valence-corrected chi connectivity index (χ2v) is 6.10. The number of thiophene rings is 1. The summed E-state index contributed by atoms with van der Waals surface area (Å²) in [6, 6.07) is 11.1. The summed E-state index contributed by atoms with van der Waals surface area (Å²) in [5, 5.41) is 5.34. The van der Waals surface area contributed by atoms with Crippen LogP contribution in [0.2, 0.25) is 0 Å². The standard InChI is InChI=1S/C16H18F2N2OS.ClH/c17-16(18)21-13-5-2-1-4-12(13)15(14-6-3-11-22-14)20-9-7-19-8-10-20;/h1-6,11,15-16,19H,7-10H2;1H/t15-;/m0./s1. The van der Waals surface area contributed by atoms with E-state index in [9.17, 15) is 8.78 Å². The van der Waals surface area contributed by atoms with Gasteiger partial charge in [0.25, 0.3) is 0 Å². The smallest absolute Gasteiger partial charge is 0.387 e. The van der Waals surface area contributed by atoms with Crippen molar-refractivity contribution in [2.24, 2.45) is 0 Å². The fourth-order valence-electron chi connectivity index (χ4n) is 2.83. The van der Waals surface area contributed by atoms with Crippen molar-refractivity contribution in [1.29, 1.82) is 0 Å². The zero-order valence-electron chi connectivity index (χ0n) is 12.5. The van der Waals surface area contributed by atoms with Crippen molar-refractivity contribution in [2.45, 2.75) is 12.7 Å². The van der Waals surface area contributed by atoms with Crippen LogP contribution in [0.3, 0.4) is 0 Å². The molecule has 1 saturated heterocycles. The van der Waals surface area contributed by atoms with Crippen LogP contribution in [0.15, 0.2) is 41.8 Å². The summed E-state index contributed by atoms with van der Waals surface area (Å²) in [5.41, 5.74) is 0.798. The minimum atomic E-state index is -2.81. The SMILES string of the molecule is Cl.FC(F)Oc1ccccc1[C@@H](c1cccs1)N1CCNCC1. The normalized spacial score (nSPS) is 16.8. The molecule has 1 aliphatic heterocycles. The first-order valence-corrected chi connectivity index (χ1v) is 8.15. The predicted octanol–water partition coefficient (Wildman–Crippen LogP) is 3.77. The summed E-state index contributed by atoms with van der Waals surface area (Å²) in [6.07, 6.45) is 0. The van der Waals surface area contributed by atoms with Gasteiger partial charge in [-0.05, 0) is 17.5 Å². The zero-order valence-corrected chi connectivity index (χ0v) is 14.1. The maximum Gasteiger partial charge on any atom is 0.387 e. The Kier molecular flexibility index (Phi) is 6.77. The van der Waals surface area contributed by atoms with E-state index in [1.54, 1.807) is 23.5 Å². The van der Waals surface area contributed by atoms with Crippen LogP contribution in [0.25, 0.3) is 0 Å². The fourth-order valence-corrected chi connectivity index (χ4v) is 3.70. The highest BCUT2D eigenvalue weighted by Crippen LogP contribution is 2.37. The van der Waals surface area contributed by atoms with Gasteiger partial charge in [0.05, 0.1) is 6.04 Å². The van der Waals surface area contributed by atoms with Gasteiger partial charge < -0.3 is 10.1 Å². The second kappa shape index (κ2) is 8.59. The molecule has 1 aliphatic rings. The molecular weight excluding hydrogens is 342 g/mol. The van der Waals surface area contributed by atoms with Gasteiger partial charge in [-0.3, -0.25) is 4.90 Å². The van der Waals surface area contributed by atoms with Crippen LogP contribution in [0.1, 0.15) is 16.5 Å². The third-order valence-corrected chi connectivity index (χ3v) is 4.68. The average molecular weight is 361 g/mol. The van der Waals surface area contributed by atoms with E-state index >= 15 is 0 Å². The molecule has 2 aromatic rings. The number of alkyl halides is 2. The summed E-state index contributed by atoms with van der Waals surface area (Å²) < 4.78 is 30.2. The van der Waals surface area contributed by atoms with Crippen molar-refractivity contribution in [1.82, 2.24) is 10.2 Å². The molecule has 1 N–H and O–H groups in total. The highest BCUT2D eigenvalue weighted by Gasteiger charge is 2.27. The predicted molar refractivity (Wildman–Crippen MR) is 90.9 cm³/mol. The van der Waals surface area contributed by atoms with Gasteiger partial charge in [-0.1, -0.05) is 24.3 Å². The first-order valence-electron chi connectivity index (χ1n) is 7.27. The molecule has 1 aromatic heterocycles. The van der Waals surface area contributed by atoms with Gasteiger partial charge in [0.15, 0.2) is 0 Å². The second-order valence-electron chi connectivity index (χ2n) is 5.12. The number of hydrogen-bond donors (Lipinski definition) is 1. The summed E-state index contributed by atoms with van der Waals surface area (Å²) in [6.45, 7) is 0.754. The third-order valence-electron chi connectivity index (χ3n) is 3.76. The van der Waals surface area contributed by atoms with Crippen molar-refractivity contribution >= 4 is 23.7 Å². The highest BCUT2D eigenvalue weighted by molar-refractivity contribution is 7.10. The fraction of sp³-hybridized carbons (Fsp3) is 0.375. The number of rotatable bonds is 5. The number of piperazine rings is 1. The lowest BCUT2D eigenvalue weighted by Crippen LogP contribution is -2.45. The van der Waals surface area contributed by atoms with E-state index in [0.29, 0.717) is 0 Å². The highest BCUT2D eigenvalue weighted by atomic mass is 35.5. The van der Waals surface area contributed by atoms with E-state index in [2.05, 4.69) is 16.3 Å². The van der Waals surface area contributed by atoms with Gasteiger partial charge in [0.2, 0.25) is 0 Å². The minimum absolute atomic E-state index is 0. The van der Waals surface area contributed by atoms with Crippen molar-refractivity contribution in [3.05, 3.63) is 52.2 Å². The van der Waals surface area contributed by atoms with Crippen LogP contribution in [0, 0.1) is 0 Å². The van der Waals surface area contributed by atoms with Gasteiger partial charge in [-0.2, -0.15) is 8.78 Å². The first kappa shape index (κ1) is 18.1. The Bertz CT molecular complexity index is 592. The molecule has 0 amide bonds. The molecule has 0 aliphatic carbocycles. The lowest BCUT2D eigenvalue weighted by molar-refractivity contribution is -0.0510. The summed E-state index contributed by atoms with van der Waals surface area (Å²) >= 11 is 1.64. The molecule has 3 rings (SSSR count). The molecule has 0 saturated carbocycles. The van der Waals surface area contributed by atoms with Crippen molar-refractivity contribution in [3.63, 3.8) is 0 Å². The Labute approximate surface area is 144 Å². The number of halogens is 3. The molecule has 0 unspecified atom stereocenters. The molecule has 1 fully saturated rings. The average Bonchev–Trinajstić information content (AvgIpc) is 3.04. The lowest BCUT2D eigenvalue weighted by Gasteiger charge is -2.35. The van der Waals surface area contributed by atoms with E-state index in [-0.39, 0.29) is 24.2 Å². The molecular formula is C16H19ClF2N2OS. The summed E-state index contributed by atoms with van der Waals surface area (Å²) in [4.78, 5) is 3.46. The Morgan fingerprint density at radius 2 is 1.83 bits per heavy atom. The van der Waals surface area contributed by atoms with Crippen molar-refractivity contribution in [2.75, 3.05) is 26.2 Å². The van der Waals surface area contributed by atoms with E-state index in [1.807, 2.05) is 23.6 Å². The molecule has 3 nitrogen and oxygen atoms in total. The monoisotopic (exact) mass is 360 g/mol. The van der Waals surface area contributed by atoms with Crippen molar-refractivity contribution < 1.29 is 13.5 Å². The quantitative estimate of drug-likeness (QED) is 0.878. The van der Waals surface area contributed by atoms with E-state index < -0.39 is 6.61 Å². The molecule has 7 heteroatoms. The van der Waals surface area contributed by atoms with Gasteiger partial charge in [0.1, 0.15) is 5.75 Å². The van der Waals surface area contributed by atoms with Gasteiger partial charge >= 0.3 is 6.61 Å². The number of ether oxygens (including phenoxy) is 1. The molecule has 1 atom stereocenters. The summed E-state index contributed by atoms with van der Waals surface area (Å²) in [5.74, 6) is 0.259. The van der Waals surface area contributed by atoms with E-state index in [0.717, 1.165) is 36.6 Å². The zero-order chi connectivity index (χ0) is 15.4. The molecule has 0 spiro atoms. The Balaban J connectivity index is 0.00000192. The first-order chi connectivity index (χ1) is 10.8. The number of para-hydroxylation sites is 1. The van der Waals surface area contributed by atoms with Crippen LogP contribution >= 0.6 is 23.7 Å². The third kappa shape index (κ3) is 4.41. The molecule has 0 radical (unpaired) electrons. The Hall–Kier alpha value is -1.21. The topological polar surface area (TPSA) is 24.5 Å². The number of benzene rings is 1. The maximum atomic E-state index is 12.7. The molecule has 2 heterocycles. The van der Waals surface area contributed by atoms with Crippen LogP contribution < -0.4 is 10.1 Å². The van der Waals surface area contributed by atoms with Crippen LogP contribution in [-0.2, 0) is 0 Å². The van der Waals surface area contributed by atoms with Crippen LogP contribution in [-0.4, -0.2) is 37.7 Å². The van der Waals surface area contributed by atoms with Gasteiger partial charge in [0, 0.05) is 36.6 Å². The molecule has 23 heavy (non-hydrogen) atoms. The van der Waals surface area contributed by atoms with Crippen molar-refractivity contribution in [3.8, 4) is 5.75 Å². The lowest BCUT2D eigenvalue weighted by atomic mass is 10.0. The number of nitrogens with one attached hydrogen (secondary N) is 1. The maximum absolute atomic E-state index is 12.7. The molecule has 1 aromatic carbocycles. The van der Waals surface area contributed by atoms with E-state index in [4.69, 9.17) is 4.74 Å². The summed E-state index contributed by atoms with van der Waals surface area (Å²) in [7, 11) is 0. The Morgan fingerprint density at radius 1 is 1.09 bits per heavy atom. The van der Waals surface area contributed by atoms with E-state index in [1.165, 1.54) is 0 Å².